The third-order valence-corrected chi connectivity index (χ3v) is 6.46. The fourth-order valence-corrected chi connectivity index (χ4v) is 5.00. The second kappa shape index (κ2) is 16.6. The van der Waals surface area contributed by atoms with Crippen molar-refractivity contribution in [1.29, 1.82) is 0 Å². The lowest BCUT2D eigenvalue weighted by Gasteiger charge is -2.48. The summed E-state index contributed by atoms with van der Waals surface area (Å²) in [7, 11) is 0. The molecule has 0 bridgehead atoms. The summed E-state index contributed by atoms with van der Waals surface area (Å²) in [6, 6.07) is 0. The maximum atomic E-state index is 12.5. The lowest BCUT2D eigenvalue weighted by atomic mass is 9.96. The van der Waals surface area contributed by atoms with Crippen molar-refractivity contribution in [2.24, 2.45) is 0 Å². The van der Waals surface area contributed by atoms with Gasteiger partial charge in [0, 0.05) is 53.9 Å². The van der Waals surface area contributed by atoms with Crippen LogP contribution < -0.4 is 0 Å². The van der Waals surface area contributed by atoms with E-state index in [1.54, 1.807) is 0 Å². The zero-order valence-corrected chi connectivity index (χ0v) is 25.4. The average Bonchev–Trinajstić information content (AvgIpc) is 3.03. The molecule has 0 spiro atoms. The van der Waals surface area contributed by atoms with Crippen molar-refractivity contribution in [3.05, 3.63) is 0 Å². The number of ether oxygens (including phenoxy) is 10. The zero-order valence-electron chi connectivity index (χ0n) is 27.8. The molecule has 2 aliphatic rings. The number of hydrogen-bond donors (Lipinski definition) is 0. The topological polar surface area (TPSA) is 212 Å². The Balaban J connectivity index is 2.73. The number of alkyl halides is 1. The number of halogens is 1. The summed E-state index contributed by atoms with van der Waals surface area (Å²) in [5.74, 6) is -7.22. The van der Waals surface area contributed by atoms with Crippen LogP contribution in [0.25, 0.3) is 0 Å². The molecule has 0 radical (unpaired) electrons. The Morgan fingerprint density at radius 1 is 0.545 bits per heavy atom. The number of hydrogen-bond acceptors (Lipinski definition) is 17. The van der Waals surface area contributed by atoms with Crippen LogP contribution in [0.15, 0.2) is 0 Å². The molecule has 10 atom stereocenters. The van der Waals surface area contributed by atoms with Crippen LogP contribution in [-0.2, 0) is 80.9 Å². The van der Waals surface area contributed by atoms with Crippen LogP contribution in [0, 0.1) is 0 Å². The summed E-state index contributed by atoms with van der Waals surface area (Å²) in [5, 5.41) is -1.17. The number of rotatable bonds is 11. The molecule has 0 aromatic rings. The molecule has 1 unspecified atom stereocenters. The van der Waals surface area contributed by atoms with Crippen molar-refractivity contribution < 1.29 is 86.4 Å². The fraction of sp³-hybridized carbons (Fsp3) is 0.731. The highest BCUT2D eigenvalue weighted by molar-refractivity contribution is 9.09. The Bertz CT molecular complexity index is 1180. The van der Waals surface area contributed by atoms with E-state index in [9.17, 15) is 33.6 Å². The van der Waals surface area contributed by atoms with Gasteiger partial charge < -0.3 is 47.4 Å². The molecule has 248 valence electrons. The van der Waals surface area contributed by atoms with E-state index in [1.807, 2.05) is 0 Å². The Kier molecular flexibility index (Phi) is 11.6. The smallest absolute Gasteiger partial charge is 0.303 e. The summed E-state index contributed by atoms with van der Waals surface area (Å²) in [6.45, 7) is -1.92. The second-order valence-corrected chi connectivity index (χ2v) is 10.1. The van der Waals surface area contributed by atoms with Crippen LogP contribution in [0.2, 0.25) is 0 Å². The van der Waals surface area contributed by atoms with Crippen molar-refractivity contribution in [2.75, 3.05) is 13.2 Å². The van der Waals surface area contributed by atoms with Gasteiger partial charge in [0.05, 0.1) is 0 Å². The lowest BCUT2D eigenvalue weighted by molar-refractivity contribution is -0.341. The molecule has 44 heavy (non-hydrogen) atoms. The minimum atomic E-state index is -1.97. The number of carbonyl (C=O) groups excluding carboxylic acids is 7. The summed E-state index contributed by atoms with van der Waals surface area (Å²) in [6.07, 6.45) is -15.2. The predicted molar refractivity (Wildman–Crippen MR) is 142 cm³/mol. The summed E-state index contributed by atoms with van der Waals surface area (Å²) in [4.78, 5) is 85.0. The van der Waals surface area contributed by atoms with Gasteiger partial charge in [-0.2, -0.15) is 0 Å². The van der Waals surface area contributed by atoms with Crippen molar-refractivity contribution in [3.8, 4) is 0 Å². The summed E-state index contributed by atoms with van der Waals surface area (Å²) in [5.41, 5.74) is 0. The van der Waals surface area contributed by atoms with E-state index in [1.165, 1.54) is 0 Å². The molecule has 0 aromatic heterocycles. The molecule has 2 rings (SSSR count). The number of carbonyl (C=O) groups is 7. The molecule has 0 amide bonds. The van der Waals surface area contributed by atoms with Crippen LogP contribution in [0.3, 0.4) is 0 Å². The van der Waals surface area contributed by atoms with Crippen LogP contribution in [0.1, 0.15) is 53.9 Å². The van der Waals surface area contributed by atoms with E-state index < -0.39 is 143 Å². The maximum absolute atomic E-state index is 12.5. The highest BCUT2D eigenvalue weighted by Crippen LogP contribution is 2.36. The Morgan fingerprint density at radius 2 is 0.977 bits per heavy atom. The lowest BCUT2D eigenvalue weighted by Crippen LogP contribution is -2.66. The largest absolute Gasteiger partial charge is 0.463 e. The van der Waals surface area contributed by atoms with Gasteiger partial charge in [-0.05, 0) is 0 Å². The summed E-state index contributed by atoms with van der Waals surface area (Å²) < 4.78 is 84.1. The molecule has 0 aliphatic carbocycles. The van der Waals surface area contributed by atoms with Crippen molar-refractivity contribution in [2.45, 2.75) is 109 Å². The van der Waals surface area contributed by atoms with Gasteiger partial charge >= 0.3 is 41.8 Å². The van der Waals surface area contributed by atoms with E-state index >= 15 is 0 Å². The Labute approximate surface area is 266 Å². The summed E-state index contributed by atoms with van der Waals surface area (Å²) >= 11 is 3.19. The molecule has 18 heteroatoms. The van der Waals surface area contributed by atoms with Crippen LogP contribution in [-0.4, -0.2) is 115 Å². The van der Waals surface area contributed by atoms with Crippen molar-refractivity contribution >= 4 is 57.7 Å². The average molecular weight is 703 g/mol. The second-order valence-electron chi connectivity index (χ2n) is 9.17. The molecule has 2 aliphatic heterocycles. The first kappa shape index (κ1) is 30.7. The fourth-order valence-electron chi connectivity index (χ4n) is 4.32. The highest BCUT2D eigenvalue weighted by Gasteiger charge is 2.57. The van der Waals surface area contributed by atoms with Gasteiger partial charge in [-0.3, -0.25) is 33.6 Å². The first-order chi connectivity index (χ1) is 22.6. The van der Waals surface area contributed by atoms with Gasteiger partial charge in [-0.15, -0.1) is 0 Å². The molecule has 2 saturated heterocycles. The van der Waals surface area contributed by atoms with Gasteiger partial charge in [-0.25, -0.2) is 0 Å². The van der Waals surface area contributed by atoms with E-state index in [-0.39, 0.29) is 0 Å². The Morgan fingerprint density at radius 3 is 1.50 bits per heavy atom. The number of esters is 7. The quantitative estimate of drug-likeness (QED) is 0.157. The zero-order chi connectivity index (χ0) is 36.1. The maximum Gasteiger partial charge on any atom is 0.303 e. The first-order valence-electron chi connectivity index (χ1n) is 15.5. The molecule has 0 saturated carbocycles. The molecule has 2 fully saturated rings. The van der Waals surface area contributed by atoms with Crippen LogP contribution >= 0.6 is 15.9 Å². The first-order valence-corrected chi connectivity index (χ1v) is 13.6. The van der Waals surface area contributed by atoms with Gasteiger partial charge in [-0.1, -0.05) is 15.9 Å². The molecule has 0 N–H and O–H groups in total. The van der Waals surface area contributed by atoms with Crippen molar-refractivity contribution in [3.63, 3.8) is 0 Å². The molecular formula is C26H35BrO17. The third-order valence-electron chi connectivity index (χ3n) is 5.73. The van der Waals surface area contributed by atoms with Gasteiger partial charge in [0.25, 0.3) is 0 Å². The third kappa shape index (κ3) is 11.0. The predicted octanol–water partition coefficient (Wildman–Crippen LogP) is 0.00100. The van der Waals surface area contributed by atoms with E-state index in [0.29, 0.717) is 0 Å². The van der Waals surface area contributed by atoms with E-state index in [0.717, 1.165) is 20.8 Å². The minimum absolute atomic E-state index is 0.553. The van der Waals surface area contributed by atoms with Gasteiger partial charge in [0.15, 0.2) is 41.8 Å². The van der Waals surface area contributed by atoms with E-state index in [4.69, 9.17) is 52.9 Å². The van der Waals surface area contributed by atoms with Crippen LogP contribution in [0.4, 0.5) is 0 Å². The monoisotopic (exact) mass is 702 g/mol. The van der Waals surface area contributed by atoms with Crippen LogP contribution in [0.5, 0.6) is 0 Å². The molecule has 0 aromatic carbocycles. The SMILES string of the molecule is [2H]CC(=O)OC[C@H]1OC(O[C@H]2[C@H](OC(C)=O)[C@@H](OC(C)=O)[C@H](Br)O[C@@H]2COC(C)=O)[C@H](OC(=O)C[2H])[C@@H](OC(=O)C[2H])[C@@H]1OC(=O)C[2H]. The minimum Gasteiger partial charge on any atom is -0.463 e. The standard InChI is InChI=1S/C26H35BrO17/c1-10(28)35-8-17-20(21(38-13(4)31)23(25(27)42-17)40-15(6)33)44-26-24(41-16(7)34)22(39-14(5)32)19(37-12(3)30)18(43-26)9-36-11(2)29/h17-26H,8-9H2,1-7H3/t17-,18-,19-,20-,21+,22+,23-,24-,25-,26?/m1/s1/i2D,3D,5D,7D. The normalized spacial score (nSPS) is 32.6. The van der Waals surface area contributed by atoms with Crippen molar-refractivity contribution in [1.82, 2.24) is 0 Å². The highest BCUT2D eigenvalue weighted by atomic mass is 79.9. The van der Waals surface area contributed by atoms with E-state index in [2.05, 4.69) is 15.9 Å². The molecule has 17 nitrogen and oxygen atoms in total. The van der Waals surface area contributed by atoms with Gasteiger partial charge in [0.2, 0.25) is 0 Å². The Hall–Kier alpha value is -3.35. The molecule has 2 heterocycles. The van der Waals surface area contributed by atoms with Gasteiger partial charge in [0.1, 0.15) is 31.5 Å². The molecular weight excluding hydrogens is 664 g/mol.